The van der Waals surface area contributed by atoms with Gasteiger partial charge in [0, 0.05) is 18.8 Å². The molecule has 1 aromatic carbocycles. The molecule has 140 valence electrons. The molecule has 0 spiro atoms. The Morgan fingerprint density at radius 2 is 1.79 bits per heavy atom. The number of aromatic nitrogens is 6. The molecule has 0 atom stereocenters. The Morgan fingerprint density at radius 3 is 2.54 bits per heavy atom. The van der Waals surface area contributed by atoms with Crippen molar-refractivity contribution in [1.82, 2.24) is 30.1 Å². The van der Waals surface area contributed by atoms with Gasteiger partial charge in [0.25, 0.3) is 5.89 Å². The first kappa shape index (κ1) is 17.4. The van der Waals surface area contributed by atoms with Crippen LogP contribution in [0, 0.1) is 11.6 Å². The topological polar surface area (TPSA) is 120 Å². The summed E-state index contributed by atoms with van der Waals surface area (Å²) in [4.78, 5) is 21.7. The van der Waals surface area contributed by atoms with Crippen molar-refractivity contribution in [2.45, 2.75) is 0 Å². The van der Waals surface area contributed by atoms with Crippen molar-refractivity contribution in [3.05, 3.63) is 54.2 Å². The second kappa shape index (κ2) is 6.95. The van der Waals surface area contributed by atoms with E-state index in [1.165, 1.54) is 0 Å². The van der Waals surface area contributed by atoms with Crippen LogP contribution >= 0.6 is 0 Å². The van der Waals surface area contributed by atoms with Crippen LogP contribution < -0.4 is 10.6 Å². The Bertz CT molecular complexity index is 1140. The molecule has 0 saturated carbocycles. The van der Waals surface area contributed by atoms with Crippen LogP contribution in [0.1, 0.15) is 0 Å². The van der Waals surface area contributed by atoms with E-state index in [1.807, 2.05) is 30.3 Å². The van der Waals surface area contributed by atoms with Gasteiger partial charge >= 0.3 is 0 Å². The normalized spacial score (nSPS) is 10.8. The number of hydrogen-bond acceptors (Lipinski definition) is 9. The molecular weight excluding hydrogens is 370 g/mol. The Morgan fingerprint density at radius 1 is 1.00 bits per heavy atom. The standard InChI is InChI=1S/C17H12F2N8O/c1-27(10-5-3-2-4-6-10)17-24-13(23-16(20)25-17)14-22-15(28-26-14)12-11(19)7-9(18)8-21-12/h2-8H,1H3,(H2,20,23,24,25). The Balaban J connectivity index is 1.70. The lowest BCUT2D eigenvalue weighted by atomic mass is 10.3. The summed E-state index contributed by atoms with van der Waals surface area (Å²) in [6, 6.07) is 10.0. The highest BCUT2D eigenvalue weighted by Crippen LogP contribution is 2.24. The second-order valence-electron chi connectivity index (χ2n) is 5.62. The third-order valence-corrected chi connectivity index (χ3v) is 3.72. The molecule has 0 bridgehead atoms. The molecule has 0 unspecified atom stereocenters. The van der Waals surface area contributed by atoms with Crippen LogP contribution in [-0.2, 0) is 0 Å². The summed E-state index contributed by atoms with van der Waals surface area (Å²) in [5.74, 6) is -1.81. The number of nitrogens with two attached hydrogens (primary N) is 1. The SMILES string of the molecule is CN(c1ccccc1)c1nc(N)nc(-c2noc(-c3ncc(F)cc3F)n2)n1. The minimum absolute atomic E-state index is 0.0304. The van der Waals surface area contributed by atoms with Crippen LogP contribution in [0.4, 0.5) is 26.4 Å². The molecule has 0 radical (unpaired) electrons. The molecule has 28 heavy (non-hydrogen) atoms. The van der Waals surface area contributed by atoms with Crippen LogP contribution in [0.3, 0.4) is 0 Å². The smallest absolute Gasteiger partial charge is 0.279 e. The van der Waals surface area contributed by atoms with E-state index in [9.17, 15) is 8.78 Å². The lowest BCUT2D eigenvalue weighted by molar-refractivity contribution is 0.427. The summed E-state index contributed by atoms with van der Waals surface area (Å²) in [6.07, 6.45) is 0.843. The highest BCUT2D eigenvalue weighted by Gasteiger charge is 2.20. The van der Waals surface area contributed by atoms with Gasteiger partial charge in [-0.2, -0.15) is 19.9 Å². The van der Waals surface area contributed by atoms with E-state index in [4.69, 9.17) is 10.3 Å². The summed E-state index contributed by atoms with van der Waals surface area (Å²) >= 11 is 0. The van der Waals surface area contributed by atoms with Crippen LogP contribution in [0.25, 0.3) is 23.2 Å². The molecule has 0 aliphatic carbocycles. The van der Waals surface area contributed by atoms with Crippen LogP contribution in [0.5, 0.6) is 0 Å². The van der Waals surface area contributed by atoms with Gasteiger partial charge in [0.2, 0.25) is 23.5 Å². The van der Waals surface area contributed by atoms with Crippen molar-refractivity contribution >= 4 is 17.6 Å². The maximum absolute atomic E-state index is 13.9. The number of para-hydroxylation sites is 1. The third-order valence-electron chi connectivity index (χ3n) is 3.72. The zero-order chi connectivity index (χ0) is 19.7. The van der Waals surface area contributed by atoms with Gasteiger partial charge in [0.15, 0.2) is 11.5 Å². The van der Waals surface area contributed by atoms with E-state index in [-0.39, 0.29) is 35.1 Å². The van der Waals surface area contributed by atoms with Gasteiger partial charge < -0.3 is 15.2 Å². The average molecular weight is 382 g/mol. The fourth-order valence-electron chi connectivity index (χ4n) is 2.38. The maximum Gasteiger partial charge on any atom is 0.279 e. The van der Waals surface area contributed by atoms with Crippen LogP contribution in [0.15, 0.2) is 47.1 Å². The minimum atomic E-state index is -0.935. The first-order valence-electron chi connectivity index (χ1n) is 7.97. The number of nitrogens with zero attached hydrogens (tertiary/aromatic N) is 7. The Labute approximate surface area is 156 Å². The molecule has 3 heterocycles. The zero-order valence-corrected chi connectivity index (χ0v) is 14.4. The van der Waals surface area contributed by atoms with Gasteiger partial charge in [0.1, 0.15) is 5.82 Å². The number of rotatable bonds is 4. The quantitative estimate of drug-likeness (QED) is 0.568. The number of benzene rings is 1. The van der Waals surface area contributed by atoms with E-state index >= 15 is 0 Å². The molecule has 4 aromatic rings. The summed E-state index contributed by atoms with van der Waals surface area (Å²) < 4.78 is 31.9. The molecule has 2 N–H and O–H groups in total. The molecule has 9 nitrogen and oxygen atoms in total. The fraction of sp³-hybridized carbons (Fsp3) is 0.0588. The Hall–Kier alpha value is -4.02. The molecule has 11 heteroatoms. The first-order chi connectivity index (χ1) is 13.5. The van der Waals surface area contributed by atoms with Crippen molar-refractivity contribution in [2.24, 2.45) is 0 Å². The number of pyridine rings is 1. The number of halogens is 2. The first-order valence-corrected chi connectivity index (χ1v) is 7.97. The van der Waals surface area contributed by atoms with Crippen molar-refractivity contribution in [1.29, 1.82) is 0 Å². The van der Waals surface area contributed by atoms with Crippen molar-refractivity contribution < 1.29 is 13.3 Å². The lowest BCUT2D eigenvalue weighted by Crippen LogP contribution is -2.15. The average Bonchev–Trinajstić information content (AvgIpc) is 3.17. The Kier molecular flexibility index (Phi) is 4.32. The fourth-order valence-corrected chi connectivity index (χ4v) is 2.38. The second-order valence-corrected chi connectivity index (χ2v) is 5.62. The summed E-state index contributed by atoms with van der Waals surface area (Å²) in [5, 5.41) is 3.73. The van der Waals surface area contributed by atoms with Crippen molar-refractivity contribution in [3.63, 3.8) is 0 Å². The van der Waals surface area contributed by atoms with Gasteiger partial charge in [0.05, 0.1) is 6.20 Å². The predicted molar refractivity (Wildman–Crippen MR) is 95.2 cm³/mol. The van der Waals surface area contributed by atoms with E-state index in [0.717, 1.165) is 11.9 Å². The van der Waals surface area contributed by atoms with Crippen LogP contribution in [0.2, 0.25) is 0 Å². The van der Waals surface area contributed by atoms with Gasteiger partial charge in [-0.1, -0.05) is 23.4 Å². The summed E-state index contributed by atoms with van der Waals surface area (Å²) in [7, 11) is 1.76. The van der Waals surface area contributed by atoms with Gasteiger partial charge in [-0.3, -0.25) is 0 Å². The van der Waals surface area contributed by atoms with Crippen molar-refractivity contribution in [2.75, 3.05) is 17.7 Å². The van der Waals surface area contributed by atoms with E-state index in [1.54, 1.807) is 11.9 Å². The number of anilines is 3. The van der Waals surface area contributed by atoms with E-state index in [2.05, 4.69) is 30.1 Å². The summed E-state index contributed by atoms with van der Waals surface area (Å²) in [6.45, 7) is 0. The van der Waals surface area contributed by atoms with Gasteiger partial charge in [-0.25, -0.2) is 13.8 Å². The minimum Gasteiger partial charge on any atom is -0.368 e. The molecule has 0 amide bonds. The van der Waals surface area contributed by atoms with Crippen molar-refractivity contribution in [3.8, 4) is 23.2 Å². The molecule has 4 rings (SSSR count). The predicted octanol–water partition coefficient (Wildman–Crippen LogP) is 2.61. The molecule has 0 fully saturated rings. The monoisotopic (exact) mass is 382 g/mol. The zero-order valence-electron chi connectivity index (χ0n) is 14.4. The molecule has 0 saturated heterocycles. The van der Waals surface area contributed by atoms with Crippen LogP contribution in [-0.4, -0.2) is 37.1 Å². The number of nitrogen functional groups attached to an aromatic ring is 1. The molecule has 3 aromatic heterocycles. The van der Waals surface area contributed by atoms with Gasteiger partial charge in [-0.05, 0) is 12.1 Å². The third kappa shape index (κ3) is 3.32. The highest BCUT2D eigenvalue weighted by molar-refractivity contribution is 5.59. The lowest BCUT2D eigenvalue weighted by Gasteiger charge is -2.17. The van der Waals surface area contributed by atoms with E-state index in [0.29, 0.717) is 6.07 Å². The van der Waals surface area contributed by atoms with E-state index < -0.39 is 11.6 Å². The molecule has 0 aliphatic heterocycles. The number of hydrogen-bond donors (Lipinski definition) is 1. The van der Waals surface area contributed by atoms with Gasteiger partial charge in [-0.15, -0.1) is 0 Å². The maximum atomic E-state index is 13.9. The summed E-state index contributed by atoms with van der Waals surface area (Å²) in [5.41, 5.74) is 6.32. The molecule has 0 aliphatic rings. The molecular formula is C17H12F2N8O. The highest BCUT2D eigenvalue weighted by atomic mass is 19.1. The largest absolute Gasteiger partial charge is 0.368 e.